The van der Waals surface area contributed by atoms with Gasteiger partial charge in [0, 0.05) is 28.9 Å². The van der Waals surface area contributed by atoms with Crippen molar-refractivity contribution in [2.45, 2.75) is 6.42 Å². The number of fused-ring (bicyclic) bond motifs is 1. The molecule has 2 aromatic heterocycles. The van der Waals surface area contributed by atoms with Crippen molar-refractivity contribution in [3.63, 3.8) is 0 Å². The molecule has 0 saturated carbocycles. The van der Waals surface area contributed by atoms with E-state index in [2.05, 4.69) is 33.5 Å². The van der Waals surface area contributed by atoms with Gasteiger partial charge in [0.25, 0.3) is 0 Å². The molecule has 18 heavy (non-hydrogen) atoms. The largest absolute Gasteiger partial charge is 0.330 e. The van der Waals surface area contributed by atoms with Crippen LogP contribution in [0.1, 0.15) is 5.01 Å². The fraction of sp³-hybridized carbons (Fsp3) is 0.143. The van der Waals surface area contributed by atoms with Gasteiger partial charge in [-0.3, -0.25) is 4.98 Å². The van der Waals surface area contributed by atoms with Crippen LogP contribution in [0.25, 0.3) is 22.2 Å². The van der Waals surface area contributed by atoms with Crippen LogP contribution in [0.3, 0.4) is 0 Å². The number of rotatable bonds is 3. The summed E-state index contributed by atoms with van der Waals surface area (Å²) in [6.45, 7) is 0.647. The fourth-order valence-electron chi connectivity index (χ4n) is 1.92. The molecular formula is C14H13N3S. The number of nitrogens with two attached hydrogens (primary N) is 1. The molecule has 2 N–H and O–H groups in total. The van der Waals surface area contributed by atoms with E-state index < -0.39 is 0 Å². The molecule has 0 bridgehead atoms. The van der Waals surface area contributed by atoms with Crippen LogP contribution in [-0.2, 0) is 6.42 Å². The first-order valence-corrected chi connectivity index (χ1v) is 6.74. The summed E-state index contributed by atoms with van der Waals surface area (Å²) in [5, 5.41) is 4.32. The quantitative estimate of drug-likeness (QED) is 0.783. The Bertz CT molecular complexity index is 675. The topological polar surface area (TPSA) is 51.8 Å². The molecule has 1 aromatic carbocycles. The second-order valence-corrected chi connectivity index (χ2v) is 5.02. The summed E-state index contributed by atoms with van der Waals surface area (Å²) in [4.78, 5) is 8.91. The molecular weight excluding hydrogens is 242 g/mol. The Kier molecular flexibility index (Phi) is 3.04. The second kappa shape index (κ2) is 4.84. The molecule has 0 fully saturated rings. The first-order valence-electron chi connectivity index (χ1n) is 5.86. The van der Waals surface area contributed by atoms with Crippen LogP contribution in [0.2, 0.25) is 0 Å². The van der Waals surface area contributed by atoms with E-state index in [0.29, 0.717) is 6.54 Å². The summed E-state index contributed by atoms with van der Waals surface area (Å²) >= 11 is 1.67. The average Bonchev–Trinajstić information content (AvgIpc) is 2.87. The number of hydrogen-bond acceptors (Lipinski definition) is 4. The fourth-order valence-corrected chi connectivity index (χ4v) is 2.74. The standard InChI is InChI=1S/C14H13N3S/c15-6-5-14-17-13(9-18-14)11-3-4-12-10(8-11)2-1-7-16-12/h1-4,7-9H,5-6,15H2. The van der Waals surface area contributed by atoms with Crippen molar-refractivity contribution in [2.75, 3.05) is 6.54 Å². The van der Waals surface area contributed by atoms with Gasteiger partial charge in [0.1, 0.15) is 0 Å². The molecule has 0 amide bonds. The summed E-state index contributed by atoms with van der Waals surface area (Å²) in [6, 6.07) is 10.2. The Hall–Kier alpha value is -1.78. The molecule has 0 aliphatic carbocycles. The monoisotopic (exact) mass is 255 g/mol. The SMILES string of the molecule is NCCc1nc(-c2ccc3ncccc3c2)cs1. The van der Waals surface area contributed by atoms with Gasteiger partial charge >= 0.3 is 0 Å². The molecule has 0 aliphatic heterocycles. The molecule has 0 atom stereocenters. The summed E-state index contributed by atoms with van der Waals surface area (Å²) in [5.41, 5.74) is 8.71. The predicted octanol–water partition coefficient (Wildman–Crippen LogP) is 2.86. The lowest BCUT2D eigenvalue weighted by Gasteiger charge is -2.00. The maximum Gasteiger partial charge on any atom is 0.0945 e. The number of benzene rings is 1. The van der Waals surface area contributed by atoms with Gasteiger partial charge in [-0.1, -0.05) is 12.1 Å². The number of thiazole rings is 1. The Balaban J connectivity index is 2.02. The van der Waals surface area contributed by atoms with Crippen LogP contribution in [0.5, 0.6) is 0 Å². The molecule has 4 heteroatoms. The van der Waals surface area contributed by atoms with Gasteiger partial charge in [-0.25, -0.2) is 4.98 Å². The zero-order chi connectivity index (χ0) is 12.4. The average molecular weight is 255 g/mol. The van der Waals surface area contributed by atoms with Crippen molar-refractivity contribution < 1.29 is 0 Å². The van der Waals surface area contributed by atoms with Crippen molar-refractivity contribution in [3.05, 3.63) is 46.9 Å². The third kappa shape index (κ3) is 2.12. The van der Waals surface area contributed by atoms with Gasteiger partial charge in [0.15, 0.2) is 0 Å². The molecule has 0 spiro atoms. The predicted molar refractivity (Wildman–Crippen MR) is 75.6 cm³/mol. The maximum atomic E-state index is 5.54. The minimum Gasteiger partial charge on any atom is -0.330 e. The normalized spacial score (nSPS) is 10.9. The number of aromatic nitrogens is 2. The number of hydrogen-bond donors (Lipinski definition) is 1. The maximum absolute atomic E-state index is 5.54. The molecule has 0 aliphatic rings. The Morgan fingerprint density at radius 2 is 2.17 bits per heavy atom. The molecule has 3 rings (SSSR count). The molecule has 0 unspecified atom stereocenters. The molecule has 3 aromatic rings. The highest BCUT2D eigenvalue weighted by molar-refractivity contribution is 7.09. The summed E-state index contributed by atoms with van der Waals surface area (Å²) in [7, 11) is 0. The van der Waals surface area contributed by atoms with E-state index in [1.54, 1.807) is 11.3 Å². The lowest BCUT2D eigenvalue weighted by Crippen LogP contribution is -2.01. The molecule has 90 valence electrons. The van der Waals surface area contributed by atoms with E-state index in [-0.39, 0.29) is 0 Å². The highest BCUT2D eigenvalue weighted by Crippen LogP contribution is 2.25. The van der Waals surface area contributed by atoms with Gasteiger partial charge in [-0.2, -0.15) is 0 Å². The molecule has 2 heterocycles. The Labute approximate surface area is 109 Å². The third-order valence-corrected chi connectivity index (χ3v) is 3.72. The van der Waals surface area contributed by atoms with E-state index >= 15 is 0 Å². The zero-order valence-electron chi connectivity index (χ0n) is 9.84. The molecule has 0 radical (unpaired) electrons. The van der Waals surface area contributed by atoms with Crippen LogP contribution in [0, 0.1) is 0 Å². The van der Waals surface area contributed by atoms with Crippen molar-refractivity contribution in [1.29, 1.82) is 0 Å². The summed E-state index contributed by atoms with van der Waals surface area (Å²) < 4.78 is 0. The van der Waals surface area contributed by atoms with Crippen molar-refractivity contribution in [3.8, 4) is 11.3 Å². The highest BCUT2D eigenvalue weighted by Gasteiger charge is 2.05. The van der Waals surface area contributed by atoms with Crippen molar-refractivity contribution >= 4 is 22.2 Å². The van der Waals surface area contributed by atoms with Gasteiger partial charge in [0.2, 0.25) is 0 Å². The van der Waals surface area contributed by atoms with Crippen molar-refractivity contribution in [1.82, 2.24) is 9.97 Å². The number of pyridine rings is 1. The zero-order valence-corrected chi connectivity index (χ0v) is 10.7. The van der Waals surface area contributed by atoms with Crippen LogP contribution in [-0.4, -0.2) is 16.5 Å². The van der Waals surface area contributed by atoms with E-state index in [1.807, 2.05) is 18.3 Å². The van der Waals surface area contributed by atoms with Crippen molar-refractivity contribution in [2.24, 2.45) is 5.73 Å². The molecule has 0 saturated heterocycles. The minimum atomic E-state index is 0.647. The van der Waals surface area contributed by atoms with Gasteiger partial charge in [-0.15, -0.1) is 11.3 Å². The van der Waals surface area contributed by atoms with E-state index in [4.69, 9.17) is 5.73 Å². The van der Waals surface area contributed by atoms with Crippen LogP contribution in [0.15, 0.2) is 41.9 Å². The van der Waals surface area contributed by atoms with Crippen LogP contribution in [0.4, 0.5) is 0 Å². The Morgan fingerprint density at radius 1 is 1.22 bits per heavy atom. The smallest absolute Gasteiger partial charge is 0.0945 e. The van der Waals surface area contributed by atoms with Gasteiger partial charge in [-0.05, 0) is 24.7 Å². The van der Waals surface area contributed by atoms with E-state index in [1.165, 1.54) is 0 Å². The summed E-state index contributed by atoms with van der Waals surface area (Å²) in [5.74, 6) is 0. The first kappa shape index (κ1) is 11.3. The first-order chi connectivity index (χ1) is 8.86. The second-order valence-electron chi connectivity index (χ2n) is 4.08. The highest BCUT2D eigenvalue weighted by atomic mass is 32.1. The van der Waals surface area contributed by atoms with Crippen LogP contribution < -0.4 is 5.73 Å². The minimum absolute atomic E-state index is 0.647. The van der Waals surface area contributed by atoms with Gasteiger partial charge in [0.05, 0.1) is 16.2 Å². The lowest BCUT2D eigenvalue weighted by atomic mass is 10.1. The van der Waals surface area contributed by atoms with E-state index in [0.717, 1.165) is 33.6 Å². The Morgan fingerprint density at radius 3 is 3.06 bits per heavy atom. The van der Waals surface area contributed by atoms with Crippen LogP contribution >= 0.6 is 11.3 Å². The number of nitrogens with zero attached hydrogens (tertiary/aromatic N) is 2. The summed E-state index contributed by atoms with van der Waals surface area (Å²) in [6.07, 6.45) is 2.66. The van der Waals surface area contributed by atoms with E-state index in [9.17, 15) is 0 Å². The molecule has 3 nitrogen and oxygen atoms in total. The van der Waals surface area contributed by atoms with Gasteiger partial charge < -0.3 is 5.73 Å². The lowest BCUT2D eigenvalue weighted by molar-refractivity contribution is 0.954. The third-order valence-electron chi connectivity index (χ3n) is 2.81.